The van der Waals surface area contributed by atoms with Gasteiger partial charge in [0.2, 0.25) is 0 Å². The second-order valence-corrected chi connectivity index (χ2v) is 3.39. The summed E-state index contributed by atoms with van der Waals surface area (Å²) >= 11 is 0. The molecule has 32 valence electrons. The third kappa shape index (κ3) is 4.82. The Hall–Kier alpha value is 0.820. The Morgan fingerprint density at radius 1 is 1.60 bits per heavy atom. The highest BCUT2D eigenvalue weighted by Crippen LogP contribution is 2.28. The Balaban J connectivity index is 2.54. The number of hydrogen-bond donors (Lipinski definition) is 0. The molecule has 0 spiro atoms. The fourth-order valence-electron chi connectivity index (χ4n) is 0. The van der Waals surface area contributed by atoms with Crippen molar-refractivity contribution < 1.29 is 4.31 Å². The molecule has 0 aliphatic rings. The van der Waals surface area contributed by atoms with E-state index in [2.05, 4.69) is 9.47 Å². The lowest BCUT2D eigenvalue weighted by Gasteiger charge is -1.94. The summed E-state index contributed by atoms with van der Waals surface area (Å²) in [6.07, 6.45) is 0. The summed E-state index contributed by atoms with van der Waals surface area (Å²) in [5, 5.41) is 0. The van der Waals surface area contributed by atoms with E-state index in [1.807, 2.05) is 13.3 Å². The van der Waals surface area contributed by atoms with Crippen molar-refractivity contribution in [2.45, 2.75) is 0 Å². The Morgan fingerprint density at radius 2 is 1.80 bits per heavy atom. The number of rotatable bonds is 1. The van der Waals surface area contributed by atoms with Crippen molar-refractivity contribution in [3.05, 3.63) is 0 Å². The monoisotopic (exact) mass is 110 g/mol. The largest absolute Gasteiger partial charge is 0.344 e. The fourth-order valence-corrected chi connectivity index (χ4v) is 0. The summed E-state index contributed by atoms with van der Waals surface area (Å²) in [6.45, 7) is 4.09. The highest BCUT2D eigenvalue weighted by atomic mass is 31.2. The molecule has 0 aromatic rings. The van der Waals surface area contributed by atoms with Crippen molar-refractivity contribution in [3.63, 3.8) is 0 Å². The minimum Gasteiger partial charge on any atom is -0.344 e. The normalized spacial score (nSPS) is 9.60. The standard InChI is InChI=1S/C2H8OP2/c1-5(2)3-4/h4H2,1-2H3. The van der Waals surface area contributed by atoms with Crippen LogP contribution >= 0.6 is 17.6 Å². The lowest BCUT2D eigenvalue weighted by atomic mass is 11.9. The van der Waals surface area contributed by atoms with Crippen LogP contribution in [0.4, 0.5) is 0 Å². The molecule has 0 saturated carbocycles. The van der Waals surface area contributed by atoms with Gasteiger partial charge >= 0.3 is 0 Å². The maximum Gasteiger partial charge on any atom is 0.0269 e. The molecule has 5 heavy (non-hydrogen) atoms. The second kappa shape index (κ2) is 3.03. The maximum absolute atomic E-state index is 4.73. The summed E-state index contributed by atoms with van der Waals surface area (Å²) < 4.78 is 4.73. The van der Waals surface area contributed by atoms with E-state index in [-0.39, 0.29) is 8.15 Å². The number of hydrogen-bond acceptors (Lipinski definition) is 1. The van der Waals surface area contributed by atoms with E-state index in [4.69, 9.17) is 4.31 Å². The molecule has 0 radical (unpaired) electrons. The maximum atomic E-state index is 4.73. The van der Waals surface area contributed by atoms with Gasteiger partial charge < -0.3 is 4.31 Å². The molecule has 0 aromatic heterocycles. The first-order valence-electron chi connectivity index (χ1n) is 1.31. The fraction of sp³-hybridized carbons (Fsp3) is 1.00. The molecule has 0 N–H and O–H groups in total. The third-order valence-corrected chi connectivity index (χ3v) is 1.90. The Labute approximate surface area is 36.2 Å². The van der Waals surface area contributed by atoms with Crippen molar-refractivity contribution in [1.29, 1.82) is 0 Å². The van der Waals surface area contributed by atoms with Crippen LogP contribution in [0.1, 0.15) is 0 Å². The van der Waals surface area contributed by atoms with Gasteiger partial charge in [0.1, 0.15) is 0 Å². The van der Waals surface area contributed by atoms with Gasteiger partial charge in [-0.15, -0.1) is 0 Å². The zero-order chi connectivity index (χ0) is 4.28. The van der Waals surface area contributed by atoms with Crippen molar-refractivity contribution in [2.75, 3.05) is 13.3 Å². The van der Waals surface area contributed by atoms with Crippen molar-refractivity contribution >= 4 is 17.6 Å². The van der Waals surface area contributed by atoms with E-state index in [1.54, 1.807) is 0 Å². The van der Waals surface area contributed by atoms with Crippen LogP contribution in [-0.4, -0.2) is 13.3 Å². The molecule has 0 aliphatic carbocycles. The first-order chi connectivity index (χ1) is 2.27. The van der Waals surface area contributed by atoms with Crippen LogP contribution in [-0.2, 0) is 4.31 Å². The molecule has 0 saturated heterocycles. The predicted molar refractivity (Wildman–Crippen MR) is 29.6 cm³/mol. The van der Waals surface area contributed by atoms with Gasteiger partial charge in [-0.3, -0.25) is 0 Å². The lowest BCUT2D eigenvalue weighted by molar-refractivity contribution is 0.731. The smallest absolute Gasteiger partial charge is 0.0269 e. The first-order valence-corrected chi connectivity index (χ1v) is 3.94. The molecule has 0 aliphatic heterocycles. The van der Waals surface area contributed by atoms with Crippen LogP contribution in [0.5, 0.6) is 0 Å². The van der Waals surface area contributed by atoms with Gasteiger partial charge in [-0.05, 0) is 13.3 Å². The zero-order valence-electron chi connectivity index (χ0n) is 3.43. The molecular weight excluding hydrogens is 102 g/mol. The van der Waals surface area contributed by atoms with E-state index in [0.717, 1.165) is 0 Å². The lowest BCUT2D eigenvalue weighted by Crippen LogP contribution is -1.55. The van der Waals surface area contributed by atoms with Gasteiger partial charge in [0.15, 0.2) is 0 Å². The van der Waals surface area contributed by atoms with E-state index in [1.165, 1.54) is 0 Å². The molecule has 1 unspecified atom stereocenters. The Kier molecular flexibility index (Phi) is 3.52. The van der Waals surface area contributed by atoms with E-state index >= 15 is 0 Å². The van der Waals surface area contributed by atoms with Crippen LogP contribution in [0, 0.1) is 0 Å². The molecule has 0 fully saturated rings. The quantitative estimate of drug-likeness (QED) is 0.464. The van der Waals surface area contributed by atoms with Crippen LogP contribution in [0.3, 0.4) is 0 Å². The highest BCUT2D eigenvalue weighted by molar-refractivity contribution is 7.54. The minimum atomic E-state index is -0.135. The molecular formula is C2H8OP2. The average molecular weight is 110 g/mol. The highest BCUT2D eigenvalue weighted by Gasteiger charge is 1.78. The minimum absolute atomic E-state index is 0.135. The van der Waals surface area contributed by atoms with Gasteiger partial charge in [-0.2, -0.15) is 0 Å². The van der Waals surface area contributed by atoms with Crippen LogP contribution in [0.2, 0.25) is 0 Å². The Bertz CT molecular complexity index is 21.6. The molecule has 3 heteroatoms. The van der Waals surface area contributed by atoms with Gasteiger partial charge in [0.05, 0.1) is 0 Å². The van der Waals surface area contributed by atoms with Gasteiger partial charge in [0.25, 0.3) is 0 Å². The van der Waals surface area contributed by atoms with Gasteiger partial charge in [-0.1, -0.05) is 0 Å². The predicted octanol–water partition coefficient (Wildman–Crippen LogP) is 1.45. The summed E-state index contributed by atoms with van der Waals surface area (Å²) in [7, 11) is 2.09. The summed E-state index contributed by atoms with van der Waals surface area (Å²) in [6, 6.07) is 0. The van der Waals surface area contributed by atoms with Crippen LogP contribution < -0.4 is 0 Å². The molecule has 0 aromatic carbocycles. The van der Waals surface area contributed by atoms with Crippen LogP contribution in [0.15, 0.2) is 0 Å². The first kappa shape index (κ1) is 5.82. The zero-order valence-corrected chi connectivity index (χ0v) is 5.48. The van der Waals surface area contributed by atoms with Gasteiger partial charge in [-0.25, -0.2) is 0 Å². The molecule has 0 bridgehead atoms. The molecule has 0 rings (SSSR count). The van der Waals surface area contributed by atoms with E-state index < -0.39 is 0 Å². The summed E-state index contributed by atoms with van der Waals surface area (Å²) in [4.78, 5) is 0. The second-order valence-electron chi connectivity index (χ2n) is 0.918. The van der Waals surface area contributed by atoms with Gasteiger partial charge in [0, 0.05) is 17.6 Å². The van der Waals surface area contributed by atoms with E-state index in [9.17, 15) is 0 Å². The Morgan fingerprint density at radius 3 is 1.80 bits per heavy atom. The summed E-state index contributed by atoms with van der Waals surface area (Å²) in [5.74, 6) is 0. The summed E-state index contributed by atoms with van der Waals surface area (Å²) in [5.41, 5.74) is 0. The topological polar surface area (TPSA) is 9.23 Å². The molecule has 0 heterocycles. The van der Waals surface area contributed by atoms with E-state index in [0.29, 0.717) is 0 Å². The van der Waals surface area contributed by atoms with Crippen molar-refractivity contribution in [1.82, 2.24) is 0 Å². The third-order valence-electron chi connectivity index (χ3n) is 0.211. The average Bonchev–Trinajstić information content (AvgIpc) is 1.38. The van der Waals surface area contributed by atoms with Crippen molar-refractivity contribution in [3.8, 4) is 0 Å². The molecule has 0 amide bonds. The molecule has 1 nitrogen and oxygen atoms in total. The van der Waals surface area contributed by atoms with Crippen LogP contribution in [0.25, 0.3) is 0 Å². The molecule has 1 atom stereocenters. The van der Waals surface area contributed by atoms with Crippen molar-refractivity contribution in [2.24, 2.45) is 0 Å². The SMILES string of the molecule is CP(C)OP.